The van der Waals surface area contributed by atoms with Crippen LogP contribution in [0.15, 0.2) is 53.1 Å². The van der Waals surface area contributed by atoms with Crippen molar-refractivity contribution in [2.45, 2.75) is 38.7 Å². The number of benzene rings is 2. The van der Waals surface area contributed by atoms with Gasteiger partial charge in [-0.3, -0.25) is 0 Å². The van der Waals surface area contributed by atoms with Crippen molar-refractivity contribution in [3.8, 4) is 28.7 Å². The van der Waals surface area contributed by atoms with Crippen LogP contribution >= 0.6 is 0 Å². The molecule has 1 N–H and O–H groups in total. The van der Waals surface area contributed by atoms with Gasteiger partial charge in [-0.05, 0) is 62.8 Å². The lowest BCUT2D eigenvalue weighted by Crippen LogP contribution is -2.04. The predicted molar refractivity (Wildman–Crippen MR) is 118 cm³/mol. The number of aliphatic hydroxyl groups excluding tert-OH is 1. The van der Waals surface area contributed by atoms with Crippen LogP contribution in [0.1, 0.15) is 43.5 Å². The van der Waals surface area contributed by atoms with Gasteiger partial charge in [-0.25, -0.2) is 4.98 Å². The number of aliphatic hydroxyl groups is 1. The Balaban J connectivity index is 1.42. The van der Waals surface area contributed by atoms with E-state index in [1.807, 2.05) is 49.4 Å². The fourth-order valence-corrected chi connectivity index (χ4v) is 3.45. The molecule has 1 fully saturated rings. The third-order valence-corrected chi connectivity index (χ3v) is 5.39. The first-order valence-electron chi connectivity index (χ1n) is 10.8. The van der Waals surface area contributed by atoms with Crippen molar-refractivity contribution in [1.29, 1.82) is 0 Å². The zero-order valence-corrected chi connectivity index (χ0v) is 18.0. The van der Waals surface area contributed by atoms with Crippen molar-refractivity contribution in [2.24, 2.45) is 5.92 Å². The Morgan fingerprint density at radius 2 is 1.94 bits per heavy atom. The van der Waals surface area contributed by atoms with E-state index in [9.17, 15) is 5.11 Å². The molecule has 1 unspecified atom stereocenters. The van der Waals surface area contributed by atoms with Gasteiger partial charge in [0.1, 0.15) is 12.0 Å². The van der Waals surface area contributed by atoms with Crippen molar-refractivity contribution in [3.05, 3.63) is 60.0 Å². The van der Waals surface area contributed by atoms with Gasteiger partial charge in [0.25, 0.3) is 0 Å². The number of ether oxygens (including phenoxy) is 3. The number of methoxy groups -OCH3 is 1. The predicted octanol–water partition coefficient (Wildman–Crippen LogP) is 5.20. The maximum atomic E-state index is 10.6. The molecule has 0 aliphatic heterocycles. The number of nitrogens with zero attached hydrogens (tertiary/aromatic N) is 1. The highest BCUT2D eigenvalue weighted by Crippen LogP contribution is 2.35. The summed E-state index contributed by atoms with van der Waals surface area (Å²) in [5.41, 5.74) is 2.42. The van der Waals surface area contributed by atoms with E-state index < -0.39 is 6.10 Å². The van der Waals surface area contributed by atoms with E-state index in [2.05, 4.69) is 4.98 Å². The van der Waals surface area contributed by atoms with Crippen LogP contribution in [-0.2, 0) is 6.42 Å². The molecule has 4 rings (SSSR count). The molecule has 1 saturated carbocycles. The summed E-state index contributed by atoms with van der Waals surface area (Å²) in [5, 5.41) is 10.6. The molecule has 6 nitrogen and oxygen atoms in total. The monoisotopic (exact) mass is 423 g/mol. The summed E-state index contributed by atoms with van der Waals surface area (Å²) >= 11 is 0. The summed E-state index contributed by atoms with van der Waals surface area (Å²) in [5.74, 6) is 3.30. The number of hydrogen-bond acceptors (Lipinski definition) is 6. The van der Waals surface area contributed by atoms with E-state index in [1.165, 1.54) is 12.8 Å². The number of oxazole rings is 1. The highest BCUT2D eigenvalue weighted by atomic mass is 16.5. The van der Waals surface area contributed by atoms with Gasteiger partial charge in [0.2, 0.25) is 5.89 Å². The molecule has 0 saturated heterocycles. The molecule has 6 heteroatoms. The molecule has 0 radical (unpaired) electrons. The molecule has 0 bridgehead atoms. The SMILES string of the molecule is CCOc1ccccc1C(O)CCc1coc(-c2ccc(OC)c(OCC3CC3)c2)n1. The second kappa shape index (κ2) is 9.88. The molecule has 3 aromatic rings. The van der Waals surface area contributed by atoms with E-state index in [0.717, 1.165) is 22.6 Å². The first-order chi connectivity index (χ1) is 15.2. The van der Waals surface area contributed by atoms with Crippen molar-refractivity contribution in [3.63, 3.8) is 0 Å². The van der Waals surface area contributed by atoms with Crippen LogP contribution in [0.25, 0.3) is 11.5 Å². The number of para-hydroxylation sites is 1. The molecule has 1 heterocycles. The number of hydrogen-bond donors (Lipinski definition) is 1. The Bertz CT molecular complexity index is 995. The molecular weight excluding hydrogens is 394 g/mol. The first-order valence-corrected chi connectivity index (χ1v) is 10.8. The summed E-state index contributed by atoms with van der Waals surface area (Å²) in [6, 6.07) is 13.3. The maximum Gasteiger partial charge on any atom is 0.226 e. The number of rotatable bonds is 11. The minimum absolute atomic E-state index is 0.522. The Labute approximate surface area is 182 Å². The van der Waals surface area contributed by atoms with Gasteiger partial charge in [-0.15, -0.1) is 0 Å². The molecule has 0 spiro atoms. The molecule has 164 valence electrons. The number of aryl methyl sites for hydroxylation is 1. The van der Waals surface area contributed by atoms with Crippen LogP contribution in [-0.4, -0.2) is 30.4 Å². The van der Waals surface area contributed by atoms with Gasteiger partial charge >= 0.3 is 0 Å². The Morgan fingerprint density at radius 1 is 1.10 bits per heavy atom. The van der Waals surface area contributed by atoms with Gasteiger partial charge in [0, 0.05) is 11.1 Å². The first kappa shape index (κ1) is 21.2. The standard InChI is InChI=1S/C25H29NO5/c1-3-29-22-7-5-4-6-20(22)21(27)12-11-19-16-31-25(26-19)18-10-13-23(28-2)24(14-18)30-15-17-8-9-17/h4-7,10,13-14,16-17,21,27H,3,8-9,11-12,15H2,1-2H3. The van der Waals surface area contributed by atoms with Gasteiger partial charge in [-0.2, -0.15) is 0 Å². The molecule has 31 heavy (non-hydrogen) atoms. The third-order valence-electron chi connectivity index (χ3n) is 5.39. The van der Waals surface area contributed by atoms with E-state index >= 15 is 0 Å². The molecule has 1 aliphatic rings. The molecule has 1 aliphatic carbocycles. The van der Waals surface area contributed by atoms with Crippen LogP contribution in [0.4, 0.5) is 0 Å². The molecular formula is C25H29NO5. The molecule has 0 amide bonds. The molecule has 1 aromatic heterocycles. The Kier molecular flexibility index (Phi) is 6.77. The van der Waals surface area contributed by atoms with Crippen LogP contribution in [0.2, 0.25) is 0 Å². The lowest BCUT2D eigenvalue weighted by atomic mass is 10.0. The zero-order valence-electron chi connectivity index (χ0n) is 18.0. The van der Waals surface area contributed by atoms with Crippen LogP contribution < -0.4 is 14.2 Å². The second-order valence-corrected chi connectivity index (χ2v) is 7.79. The van der Waals surface area contributed by atoms with Crippen molar-refractivity contribution in [1.82, 2.24) is 4.98 Å². The lowest BCUT2D eigenvalue weighted by Gasteiger charge is -2.15. The van der Waals surface area contributed by atoms with Gasteiger partial charge in [-0.1, -0.05) is 18.2 Å². The average Bonchev–Trinajstić information content (AvgIpc) is 3.51. The fourth-order valence-electron chi connectivity index (χ4n) is 3.45. The van der Waals surface area contributed by atoms with E-state index in [4.69, 9.17) is 18.6 Å². The average molecular weight is 424 g/mol. The molecule has 2 aromatic carbocycles. The highest BCUT2D eigenvalue weighted by molar-refractivity contribution is 5.60. The lowest BCUT2D eigenvalue weighted by molar-refractivity contribution is 0.162. The zero-order chi connectivity index (χ0) is 21.6. The summed E-state index contributed by atoms with van der Waals surface area (Å²) in [6.45, 7) is 3.20. The van der Waals surface area contributed by atoms with Crippen molar-refractivity contribution < 1.29 is 23.7 Å². The maximum absolute atomic E-state index is 10.6. The minimum atomic E-state index is -0.633. The normalized spacial score (nSPS) is 14.3. The quantitative estimate of drug-likeness (QED) is 0.457. The van der Waals surface area contributed by atoms with Crippen molar-refractivity contribution >= 4 is 0 Å². The number of aromatic nitrogens is 1. The highest BCUT2D eigenvalue weighted by Gasteiger charge is 2.23. The van der Waals surface area contributed by atoms with E-state index in [0.29, 0.717) is 49.4 Å². The third kappa shape index (κ3) is 5.39. The summed E-state index contributed by atoms with van der Waals surface area (Å²) in [6.07, 6.45) is 4.58. The summed E-state index contributed by atoms with van der Waals surface area (Å²) < 4.78 is 22.7. The van der Waals surface area contributed by atoms with Gasteiger partial charge < -0.3 is 23.7 Å². The smallest absolute Gasteiger partial charge is 0.226 e. The Hall–Kier alpha value is -2.99. The van der Waals surface area contributed by atoms with Gasteiger partial charge in [0.05, 0.1) is 32.1 Å². The largest absolute Gasteiger partial charge is 0.493 e. The van der Waals surface area contributed by atoms with E-state index in [1.54, 1.807) is 13.4 Å². The van der Waals surface area contributed by atoms with E-state index in [-0.39, 0.29) is 0 Å². The minimum Gasteiger partial charge on any atom is -0.493 e. The second-order valence-electron chi connectivity index (χ2n) is 7.79. The fraction of sp³-hybridized carbons (Fsp3) is 0.400. The topological polar surface area (TPSA) is 74.0 Å². The summed E-state index contributed by atoms with van der Waals surface area (Å²) in [4.78, 5) is 4.60. The van der Waals surface area contributed by atoms with Crippen LogP contribution in [0.5, 0.6) is 17.2 Å². The van der Waals surface area contributed by atoms with Gasteiger partial charge in [0.15, 0.2) is 11.5 Å². The van der Waals surface area contributed by atoms with Crippen molar-refractivity contribution in [2.75, 3.05) is 20.3 Å². The Morgan fingerprint density at radius 3 is 2.71 bits per heavy atom. The molecule has 1 atom stereocenters. The van der Waals surface area contributed by atoms with Crippen LogP contribution in [0, 0.1) is 5.92 Å². The summed E-state index contributed by atoms with van der Waals surface area (Å²) in [7, 11) is 1.64. The van der Waals surface area contributed by atoms with Crippen LogP contribution in [0.3, 0.4) is 0 Å².